The Morgan fingerprint density at radius 2 is 2.00 bits per heavy atom. The maximum Gasteiger partial charge on any atom is 0.148 e. The summed E-state index contributed by atoms with van der Waals surface area (Å²) in [5, 5.41) is 11.3. The van der Waals surface area contributed by atoms with Gasteiger partial charge in [0.15, 0.2) is 0 Å². The van der Waals surface area contributed by atoms with Crippen molar-refractivity contribution in [2.75, 3.05) is 0 Å². The van der Waals surface area contributed by atoms with Crippen molar-refractivity contribution < 1.29 is 13.9 Å². The summed E-state index contributed by atoms with van der Waals surface area (Å²) < 4.78 is 19.8. The molecule has 0 radical (unpaired) electrons. The van der Waals surface area contributed by atoms with Crippen LogP contribution in [0.25, 0.3) is 11.0 Å². The van der Waals surface area contributed by atoms with Gasteiger partial charge < -0.3 is 9.52 Å². The standard InChI is InChI=1S/C16H12BrFO2/c1-9-7-10(5-6-13(9)18)15(19)14-8-11-3-2-4-12(17)16(11)20-14/h2-8,15,19H,1H3. The van der Waals surface area contributed by atoms with Crippen LogP contribution in [-0.2, 0) is 0 Å². The number of para-hydroxylation sites is 1. The fourth-order valence-electron chi connectivity index (χ4n) is 2.18. The number of furan rings is 1. The van der Waals surface area contributed by atoms with Crippen LogP contribution in [0, 0.1) is 12.7 Å². The van der Waals surface area contributed by atoms with Gasteiger partial charge in [-0.1, -0.05) is 24.3 Å². The van der Waals surface area contributed by atoms with Gasteiger partial charge in [0.2, 0.25) is 0 Å². The second-order valence-electron chi connectivity index (χ2n) is 4.72. The molecule has 2 aromatic carbocycles. The average Bonchev–Trinajstić information content (AvgIpc) is 2.86. The van der Waals surface area contributed by atoms with E-state index in [0.29, 0.717) is 22.5 Å². The first-order valence-electron chi connectivity index (χ1n) is 6.18. The molecule has 0 saturated carbocycles. The van der Waals surface area contributed by atoms with Crippen molar-refractivity contribution >= 4 is 26.9 Å². The Bertz CT molecular complexity index is 779. The lowest BCUT2D eigenvalue weighted by molar-refractivity contribution is 0.192. The molecule has 0 bridgehead atoms. The van der Waals surface area contributed by atoms with E-state index in [-0.39, 0.29) is 5.82 Å². The molecular formula is C16H12BrFO2. The minimum atomic E-state index is -0.909. The van der Waals surface area contributed by atoms with Crippen molar-refractivity contribution in [3.63, 3.8) is 0 Å². The fourth-order valence-corrected chi connectivity index (χ4v) is 2.65. The van der Waals surface area contributed by atoms with Crippen LogP contribution in [-0.4, -0.2) is 5.11 Å². The molecular weight excluding hydrogens is 323 g/mol. The number of halogens is 2. The van der Waals surface area contributed by atoms with Crippen LogP contribution in [0.5, 0.6) is 0 Å². The van der Waals surface area contributed by atoms with E-state index in [2.05, 4.69) is 15.9 Å². The summed E-state index contributed by atoms with van der Waals surface area (Å²) in [5.41, 5.74) is 1.80. The molecule has 1 atom stereocenters. The number of fused-ring (bicyclic) bond motifs is 1. The second kappa shape index (κ2) is 5.04. The third-order valence-corrected chi connectivity index (χ3v) is 3.91. The maximum atomic E-state index is 13.3. The van der Waals surface area contributed by atoms with Gasteiger partial charge in [-0.25, -0.2) is 4.39 Å². The number of aliphatic hydroxyl groups is 1. The summed E-state index contributed by atoms with van der Waals surface area (Å²) in [4.78, 5) is 0. The molecule has 3 aromatic rings. The van der Waals surface area contributed by atoms with Crippen LogP contribution in [0.2, 0.25) is 0 Å². The monoisotopic (exact) mass is 334 g/mol. The SMILES string of the molecule is Cc1cc(C(O)c2cc3cccc(Br)c3o2)ccc1F. The fraction of sp³-hybridized carbons (Fsp3) is 0.125. The molecule has 0 amide bonds. The van der Waals surface area contributed by atoms with Crippen molar-refractivity contribution in [1.29, 1.82) is 0 Å². The Morgan fingerprint density at radius 1 is 1.20 bits per heavy atom. The molecule has 3 rings (SSSR count). The van der Waals surface area contributed by atoms with Gasteiger partial charge in [-0.2, -0.15) is 0 Å². The summed E-state index contributed by atoms with van der Waals surface area (Å²) in [7, 11) is 0. The largest absolute Gasteiger partial charge is 0.457 e. The predicted octanol–water partition coefficient (Wildman–Crippen LogP) is 4.72. The van der Waals surface area contributed by atoms with Crippen molar-refractivity contribution in [3.05, 3.63) is 69.6 Å². The minimum Gasteiger partial charge on any atom is -0.457 e. The van der Waals surface area contributed by atoms with Crippen molar-refractivity contribution in [3.8, 4) is 0 Å². The number of hydrogen-bond acceptors (Lipinski definition) is 2. The summed E-state index contributed by atoms with van der Waals surface area (Å²) in [5.74, 6) is 0.159. The van der Waals surface area contributed by atoms with E-state index >= 15 is 0 Å². The van der Waals surface area contributed by atoms with E-state index in [1.165, 1.54) is 6.07 Å². The molecule has 1 aromatic heterocycles. The molecule has 0 saturated heterocycles. The Morgan fingerprint density at radius 3 is 2.70 bits per heavy atom. The normalized spacial score (nSPS) is 12.8. The first kappa shape index (κ1) is 13.3. The van der Waals surface area contributed by atoms with Gasteiger partial charge in [0.1, 0.15) is 23.3 Å². The van der Waals surface area contributed by atoms with Crippen LogP contribution in [0.15, 0.2) is 51.4 Å². The lowest BCUT2D eigenvalue weighted by Crippen LogP contribution is -1.99. The highest BCUT2D eigenvalue weighted by molar-refractivity contribution is 9.10. The molecule has 0 fully saturated rings. The molecule has 0 aliphatic heterocycles. The maximum absolute atomic E-state index is 13.3. The molecule has 0 aliphatic carbocycles. The smallest absolute Gasteiger partial charge is 0.148 e. The highest BCUT2D eigenvalue weighted by atomic mass is 79.9. The van der Waals surface area contributed by atoms with Gasteiger partial charge in [-0.3, -0.25) is 0 Å². The molecule has 1 unspecified atom stereocenters. The topological polar surface area (TPSA) is 33.4 Å². The molecule has 0 spiro atoms. The Hall–Kier alpha value is -1.65. The van der Waals surface area contributed by atoms with Gasteiger partial charge in [0.25, 0.3) is 0 Å². The Balaban J connectivity index is 2.05. The van der Waals surface area contributed by atoms with Crippen molar-refractivity contribution in [2.24, 2.45) is 0 Å². The Kier molecular flexibility index (Phi) is 3.36. The zero-order valence-corrected chi connectivity index (χ0v) is 12.3. The minimum absolute atomic E-state index is 0.284. The summed E-state index contributed by atoms with van der Waals surface area (Å²) in [6.07, 6.45) is -0.909. The zero-order chi connectivity index (χ0) is 14.3. The van der Waals surface area contributed by atoms with Crippen LogP contribution in [0.4, 0.5) is 4.39 Å². The van der Waals surface area contributed by atoms with Gasteiger partial charge in [-0.05, 0) is 52.2 Å². The third-order valence-electron chi connectivity index (χ3n) is 3.28. The van der Waals surface area contributed by atoms with E-state index < -0.39 is 6.10 Å². The third kappa shape index (κ3) is 2.25. The predicted molar refractivity (Wildman–Crippen MR) is 79.1 cm³/mol. The molecule has 4 heteroatoms. The van der Waals surface area contributed by atoms with E-state index in [1.54, 1.807) is 25.1 Å². The van der Waals surface area contributed by atoms with E-state index in [9.17, 15) is 9.50 Å². The highest BCUT2D eigenvalue weighted by Crippen LogP contribution is 2.32. The number of rotatable bonds is 2. The lowest BCUT2D eigenvalue weighted by atomic mass is 10.0. The first-order chi connectivity index (χ1) is 9.56. The van der Waals surface area contributed by atoms with E-state index in [0.717, 1.165) is 9.86 Å². The second-order valence-corrected chi connectivity index (χ2v) is 5.57. The summed E-state index contributed by atoms with van der Waals surface area (Å²) >= 11 is 3.41. The van der Waals surface area contributed by atoms with Crippen LogP contribution >= 0.6 is 15.9 Å². The molecule has 2 nitrogen and oxygen atoms in total. The molecule has 1 heterocycles. The Labute approximate surface area is 124 Å². The molecule has 1 N–H and O–H groups in total. The van der Waals surface area contributed by atoms with Gasteiger partial charge in [-0.15, -0.1) is 0 Å². The average molecular weight is 335 g/mol. The van der Waals surface area contributed by atoms with Gasteiger partial charge in [0, 0.05) is 5.39 Å². The highest BCUT2D eigenvalue weighted by Gasteiger charge is 2.17. The molecule has 102 valence electrons. The number of aryl methyl sites for hydroxylation is 1. The number of aliphatic hydroxyl groups excluding tert-OH is 1. The number of benzene rings is 2. The van der Waals surface area contributed by atoms with E-state index in [1.807, 2.05) is 18.2 Å². The van der Waals surface area contributed by atoms with Crippen LogP contribution in [0.1, 0.15) is 23.0 Å². The quantitative estimate of drug-likeness (QED) is 0.735. The van der Waals surface area contributed by atoms with Crippen LogP contribution < -0.4 is 0 Å². The van der Waals surface area contributed by atoms with Crippen molar-refractivity contribution in [1.82, 2.24) is 0 Å². The summed E-state index contributed by atoms with van der Waals surface area (Å²) in [6.45, 7) is 1.67. The van der Waals surface area contributed by atoms with Crippen molar-refractivity contribution in [2.45, 2.75) is 13.0 Å². The van der Waals surface area contributed by atoms with E-state index in [4.69, 9.17) is 4.42 Å². The first-order valence-corrected chi connectivity index (χ1v) is 6.97. The zero-order valence-electron chi connectivity index (χ0n) is 10.7. The van der Waals surface area contributed by atoms with Gasteiger partial charge in [0.05, 0.1) is 4.47 Å². The lowest BCUT2D eigenvalue weighted by Gasteiger charge is -2.09. The van der Waals surface area contributed by atoms with Gasteiger partial charge >= 0.3 is 0 Å². The molecule has 0 aliphatic rings. The summed E-state index contributed by atoms with van der Waals surface area (Å²) in [6, 6.07) is 12.0. The number of hydrogen-bond donors (Lipinski definition) is 1. The van der Waals surface area contributed by atoms with Crippen LogP contribution in [0.3, 0.4) is 0 Å². The molecule has 20 heavy (non-hydrogen) atoms.